The highest BCUT2D eigenvalue weighted by Crippen LogP contribution is 2.47. The van der Waals surface area contributed by atoms with E-state index < -0.39 is 0 Å². The van der Waals surface area contributed by atoms with Gasteiger partial charge in [0.2, 0.25) is 5.91 Å². The maximum Gasteiger partial charge on any atom is 0.247 e. The molecule has 3 atom stereocenters. The molecule has 2 aliphatic carbocycles. The van der Waals surface area contributed by atoms with Gasteiger partial charge in [-0.15, -0.1) is 0 Å². The van der Waals surface area contributed by atoms with Crippen LogP contribution in [-0.4, -0.2) is 43.6 Å². The van der Waals surface area contributed by atoms with Crippen molar-refractivity contribution in [3.05, 3.63) is 34.6 Å². The van der Waals surface area contributed by atoms with Crippen molar-refractivity contribution in [2.45, 2.75) is 57.9 Å². The summed E-state index contributed by atoms with van der Waals surface area (Å²) in [6.45, 7) is 5.45. The molecule has 0 spiro atoms. The van der Waals surface area contributed by atoms with Gasteiger partial charge < -0.3 is 15.0 Å². The second-order valence-corrected chi connectivity index (χ2v) is 8.34. The smallest absolute Gasteiger partial charge is 0.247 e. The Balaban J connectivity index is 1.62. The number of hydrogen-bond acceptors (Lipinski definition) is 3. The lowest BCUT2D eigenvalue weighted by Crippen LogP contribution is -2.39. The van der Waals surface area contributed by atoms with E-state index in [2.05, 4.69) is 29.3 Å². The third-order valence-electron chi connectivity index (χ3n) is 6.80. The number of carbonyl (C=O) groups is 1. The molecule has 1 N–H and O–H groups in total. The van der Waals surface area contributed by atoms with E-state index in [-0.39, 0.29) is 5.91 Å². The van der Waals surface area contributed by atoms with Crippen LogP contribution < -0.4 is 5.32 Å². The summed E-state index contributed by atoms with van der Waals surface area (Å²) in [4.78, 5) is 15.4. The van der Waals surface area contributed by atoms with Crippen molar-refractivity contribution in [1.82, 2.24) is 10.2 Å². The standard InChI is InChI=1S/C22H32N2O2/c1-15(24-10-4-3-5-11-24)12-21-20-14-16-13-17(26-2)6-7-18(16)19(20)8-9-23-22(21)25/h13-15,18-19H,3-12H2,1-2H3,(H,23,25). The van der Waals surface area contributed by atoms with E-state index in [4.69, 9.17) is 4.74 Å². The molecule has 2 heterocycles. The lowest BCUT2D eigenvalue weighted by molar-refractivity contribution is -0.117. The highest BCUT2D eigenvalue weighted by atomic mass is 16.5. The Morgan fingerprint density at radius 3 is 2.77 bits per heavy atom. The van der Waals surface area contributed by atoms with Gasteiger partial charge in [-0.3, -0.25) is 4.79 Å². The maximum atomic E-state index is 12.8. The zero-order valence-electron chi connectivity index (χ0n) is 16.2. The number of likely N-dealkylation sites (tertiary alicyclic amines) is 1. The minimum Gasteiger partial charge on any atom is -0.501 e. The highest BCUT2D eigenvalue weighted by molar-refractivity contribution is 5.95. The van der Waals surface area contributed by atoms with Crippen LogP contribution in [0.2, 0.25) is 0 Å². The molecular weight excluding hydrogens is 324 g/mol. The molecule has 4 aliphatic rings. The quantitative estimate of drug-likeness (QED) is 0.837. The Hall–Kier alpha value is -1.55. The lowest BCUT2D eigenvalue weighted by atomic mass is 9.79. The van der Waals surface area contributed by atoms with E-state index >= 15 is 0 Å². The number of ether oxygens (including phenoxy) is 1. The fourth-order valence-electron chi connectivity index (χ4n) is 5.32. The molecule has 1 amide bonds. The number of nitrogens with zero attached hydrogens (tertiary/aromatic N) is 1. The molecule has 0 saturated carbocycles. The van der Waals surface area contributed by atoms with E-state index in [1.54, 1.807) is 7.11 Å². The van der Waals surface area contributed by atoms with Crippen LogP contribution in [0.5, 0.6) is 0 Å². The molecule has 142 valence electrons. The number of hydrogen-bond donors (Lipinski definition) is 1. The van der Waals surface area contributed by atoms with E-state index in [1.807, 2.05) is 0 Å². The fraction of sp³-hybridized carbons (Fsp3) is 0.682. The maximum absolute atomic E-state index is 12.8. The van der Waals surface area contributed by atoms with Gasteiger partial charge in [0.05, 0.1) is 12.9 Å². The number of nitrogens with one attached hydrogen (secondary N) is 1. The highest BCUT2D eigenvalue weighted by Gasteiger charge is 2.38. The van der Waals surface area contributed by atoms with E-state index in [0.717, 1.165) is 43.6 Å². The van der Waals surface area contributed by atoms with Crippen LogP contribution in [0.15, 0.2) is 34.6 Å². The van der Waals surface area contributed by atoms with Crippen molar-refractivity contribution in [2.75, 3.05) is 26.7 Å². The lowest BCUT2D eigenvalue weighted by Gasteiger charge is -2.33. The van der Waals surface area contributed by atoms with Crippen molar-refractivity contribution in [2.24, 2.45) is 11.8 Å². The summed E-state index contributed by atoms with van der Waals surface area (Å²) in [6, 6.07) is 0.438. The molecule has 0 radical (unpaired) electrons. The van der Waals surface area contributed by atoms with Crippen molar-refractivity contribution >= 4 is 5.91 Å². The van der Waals surface area contributed by atoms with Gasteiger partial charge in [-0.2, -0.15) is 0 Å². The first-order chi connectivity index (χ1) is 12.7. The summed E-state index contributed by atoms with van der Waals surface area (Å²) in [5, 5.41) is 3.16. The van der Waals surface area contributed by atoms with Gasteiger partial charge >= 0.3 is 0 Å². The largest absolute Gasteiger partial charge is 0.501 e. The average Bonchev–Trinajstić information content (AvgIpc) is 2.96. The third kappa shape index (κ3) is 3.36. The summed E-state index contributed by atoms with van der Waals surface area (Å²) >= 11 is 0. The molecule has 4 rings (SSSR count). The molecule has 3 unspecified atom stereocenters. The van der Waals surface area contributed by atoms with E-state index in [1.165, 1.54) is 43.5 Å². The average molecular weight is 357 g/mol. The molecule has 0 aromatic rings. The first-order valence-corrected chi connectivity index (χ1v) is 10.4. The van der Waals surface area contributed by atoms with Crippen LogP contribution in [0.3, 0.4) is 0 Å². The second kappa shape index (κ2) is 7.59. The number of rotatable bonds is 4. The monoisotopic (exact) mass is 356 g/mol. The Morgan fingerprint density at radius 2 is 2.00 bits per heavy atom. The van der Waals surface area contributed by atoms with Crippen LogP contribution in [0.25, 0.3) is 0 Å². The molecule has 26 heavy (non-hydrogen) atoms. The summed E-state index contributed by atoms with van der Waals surface area (Å²) in [5.41, 5.74) is 3.74. The Bertz CT molecular complexity index is 655. The van der Waals surface area contributed by atoms with Gasteiger partial charge in [0, 0.05) is 24.6 Å². The molecule has 0 aromatic heterocycles. The Morgan fingerprint density at radius 1 is 1.19 bits per heavy atom. The van der Waals surface area contributed by atoms with Crippen molar-refractivity contribution in [3.63, 3.8) is 0 Å². The summed E-state index contributed by atoms with van der Waals surface area (Å²) in [7, 11) is 1.76. The van der Waals surface area contributed by atoms with Crippen LogP contribution >= 0.6 is 0 Å². The predicted octanol–water partition coefficient (Wildman–Crippen LogP) is 3.56. The predicted molar refractivity (Wildman–Crippen MR) is 104 cm³/mol. The van der Waals surface area contributed by atoms with E-state index in [0.29, 0.717) is 17.9 Å². The van der Waals surface area contributed by atoms with Gasteiger partial charge in [-0.05, 0) is 81.2 Å². The van der Waals surface area contributed by atoms with Crippen LogP contribution in [-0.2, 0) is 9.53 Å². The third-order valence-corrected chi connectivity index (χ3v) is 6.80. The van der Waals surface area contributed by atoms with Gasteiger partial charge in [0.1, 0.15) is 0 Å². The minimum atomic E-state index is 0.165. The van der Waals surface area contributed by atoms with Gasteiger partial charge in [-0.25, -0.2) is 0 Å². The number of carbonyl (C=O) groups excluding carboxylic acids is 1. The normalized spacial score (nSPS) is 30.6. The Labute approximate surface area is 157 Å². The fourth-order valence-corrected chi connectivity index (χ4v) is 5.32. The van der Waals surface area contributed by atoms with Crippen LogP contribution in [0, 0.1) is 11.8 Å². The zero-order chi connectivity index (χ0) is 18.1. The van der Waals surface area contributed by atoms with Crippen LogP contribution in [0.1, 0.15) is 51.9 Å². The zero-order valence-corrected chi connectivity index (χ0v) is 16.2. The molecule has 1 saturated heterocycles. The summed E-state index contributed by atoms with van der Waals surface area (Å²) in [6.07, 6.45) is 12.6. The number of methoxy groups -OCH3 is 1. The number of amides is 1. The van der Waals surface area contributed by atoms with Crippen molar-refractivity contribution in [3.8, 4) is 0 Å². The van der Waals surface area contributed by atoms with Gasteiger partial charge in [0.25, 0.3) is 0 Å². The number of piperidine rings is 1. The molecule has 4 nitrogen and oxygen atoms in total. The Kier molecular flexibility index (Phi) is 5.21. The van der Waals surface area contributed by atoms with Crippen LogP contribution in [0.4, 0.5) is 0 Å². The number of allylic oxidation sites excluding steroid dienone is 5. The van der Waals surface area contributed by atoms with Crippen molar-refractivity contribution in [1.29, 1.82) is 0 Å². The summed E-state index contributed by atoms with van der Waals surface area (Å²) in [5.74, 6) is 2.31. The minimum absolute atomic E-state index is 0.165. The summed E-state index contributed by atoms with van der Waals surface area (Å²) < 4.78 is 5.49. The first kappa shape index (κ1) is 17.8. The number of fused-ring (bicyclic) bond motifs is 3. The molecular formula is C22H32N2O2. The SMILES string of the molecule is COC1=CC2=CC3=C(CC(C)N4CCCCC4)C(=O)NCCC3C2CC1. The topological polar surface area (TPSA) is 41.6 Å². The second-order valence-electron chi connectivity index (χ2n) is 8.34. The molecule has 2 aliphatic heterocycles. The van der Waals surface area contributed by atoms with Gasteiger partial charge in [-0.1, -0.05) is 12.5 Å². The van der Waals surface area contributed by atoms with Crippen molar-refractivity contribution < 1.29 is 9.53 Å². The molecule has 0 bridgehead atoms. The van der Waals surface area contributed by atoms with Gasteiger partial charge in [0.15, 0.2) is 0 Å². The molecule has 1 fully saturated rings. The molecule has 0 aromatic carbocycles. The first-order valence-electron chi connectivity index (χ1n) is 10.4. The molecule has 4 heteroatoms. The van der Waals surface area contributed by atoms with E-state index in [9.17, 15) is 4.79 Å².